The molecular formula is C13H22N6O. The molecule has 0 bridgehead atoms. The van der Waals surface area contributed by atoms with Gasteiger partial charge in [-0.15, -0.1) is 0 Å². The van der Waals surface area contributed by atoms with Crippen LogP contribution < -0.4 is 5.32 Å². The lowest BCUT2D eigenvalue weighted by atomic mass is 10.1. The second-order valence-corrected chi connectivity index (χ2v) is 5.37. The molecule has 1 aromatic heterocycles. The average molecular weight is 278 g/mol. The van der Waals surface area contributed by atoms with Gasteiger partial charge < -0.3 is 15.1 Å². The predicted molar refractivity (Wildman–Crippen MR) is 74.1 cm³/mol. The Morgan fingerprint density at radius 2 is 2.15 bits per heavy atom. The minimum absolute atomic E-state index is 0.155. The highest BCUT2D eigenvalue weighted by molar-refractivity contribution is 5.76. The van der Waals surface area contributed by atoms with Crippen molar-refractivity contribution in [3.63, 3.8) is 0 Å². The van der Waals surface area contributed by atoms with Crippen molar-refractivity contribution in [2.24, 2.45) is 0 Å². The highest BCUT2D eigenvalue weighted by Gasteiger charge is 2.34. The van der Waals surface area contributed by atoms with Crippen LogP contribution in [0.25, 0.3) is 0 Å². The van der Waals surface area contributed by atoms with Crippen LogP contribution in [-0.4, -0.2) is 62.8 Å². The number of aryl methyl sites for hydroxylation is 1. The summed E-state index contributed by atoms with van der Waals surface area (Å²) >= 11 is 0. The monoisotopic (exact) mass is 278 g/mol. The maximum atomic E-state index is 12.5. The van der Waals surface area contributed by atoms with Crippen LogP contribution in [0.15, 0.2) is 6.33 Å². The molecule has 0 aromatic carbocycles. The summed E-state index contributed by atoms with van der Waals surface area (Å²) < 4.78 is 1.85. The first kappa shape index (κ1) is 13.4. The van der Waals surface area contributed by atoms with Crippen molar-refractivity contribution in [1.29, 1.82) is 0 Å². The van der Waals surface area contributed by atoms with E-state index in [1.54, 1.807) is 6.33 Å². The van der Waals surface area contributed by atoms with E-state index in [9.17, 15) is 4.79 Å². The van der Waals surface area contributed by atoms with E-state index < -0.39 is 0 Å². The van der Waals surface area contributed by atoms with Crippen LogP contribution in [0, 0.1) is 0 Å². The molecule has 2 aliphatic rings. The third-order valence-electron chi connectivity index (χ3n) is 4.20. The van der Waals surface area contributed by atoms with Gasteiger partial charge in [0.2, 0.25) is 0 Å². The zero-order chi connectivity index (χ0) is 13.9. The van der Waals surface area contributed by atoms with Gasteiger partial charge in [-0.25, -0.2) is 14.5 Å². The van der Waals surface area contributed by atoms with Crippen LogP contribution >= 0.6 is 0 Å². The van der Waals surface area contributed by atoms with Gasteiger partial charge in [0.15, 0.2) is 0 Å². The van der Waals surface area contributed by atoms with Gasteiger partial charge in [0.1, 0.15) is 12.2 Å². The van der Waals surface area contributed by atoms with Gasteiger partial charge in [0.05, 0.1) is 6.54 Å². The summed E-state index contributed by atoms with van der Waals surface area (Å²) in [6, 6.07) is 0.556. The molecule has 0 spiro atoms. The van der Waals surface area contributed by atoms with E-state index in [0.717, 1.165) is 51.4 Å². The molecule has 0 atom stereocenters. The first-order chi connectivity index (χ1) is 9.79. The van der Waals surface area contributed by atoms with Crippen molar-refractivity contribution in [1.82, 2.24) is 29.9 Å². The molecule has 0 radical (unpaired) electrons. The van der Waals surface area contributed by atoms with Crippen molar-refractivity contribution >= 4 is 6.03 Å². The van der Waals surface area contributed by atoms with Gasteiger partial charge in [-0.1, -0.05) is 0 Å². The topological polar surface area (TPSA) is 66.3 Å². The average Bonchev–Trinajstić information content (AvgIpc) is 3.08. The van der Waals surface area contributed by atoms with Crippen molar-refractivity contribution < 1.29 is 4.79 Å². The molecule has 7 heteroatoms. The molecule has 0 aliphatic carbocycles. The number of urea groups is 1. The zero-order valence-electron chi connectivity index (χ0n) is 12.0. The quantitative estimate of drug-likeness (QED) is 0.859. The summed E-state index contributed by atoms with van der Waals surface area (Å²) in [7, 11) is 0. The number of nitrogens with one attached hydrogen (secondary N) is 1. The van der Waals surface area contributed by atoms with E-state index >= 15 is 0 Å². The standard InChI is InChI=1S/C13H22N6O/c1-2-19-12(15-10-16-19)9-17-7-8-18(13(17)20)11-3-5-14-6-4-11/h10-11,14H,2-9H2,1H3. The normalized spacial score (nSPS) is 20.9. The van der Waals surface area contributed by atoms with Crippen LogP contribution in [0.4, 0.5) is 4.79 Å². The molecule has 0 saturated carbocycles. The van der Waals surface area contributed by atoms with E-state index in [4.69, 9.17) is 0 Å². The molecule has 0 unspecified atom stereocenters. The Balaban J connectivity index is 1.63. The predicted octanol–water partition coefficient (Wildman–Crippen LogP) is 0.288. The van der Waals surface area contributed by atoms with Crippen molar-refractivity contribution in [2.75, 3.05) is 26.2 Å². The lowest BCUT2D eigenvalue weighted by Gasteiger charge is -2.31. The number of amides is 2. The van der Waals surface area contributed by atoms with E-state index in [-0.39, 0.29) is 6.03 Å². The van der Waals surface area contributed by atoms with E-state index in [0.29, 0.717) is 12.6 Å². The van der Waals surface area contributed by atoms with Crippen molar-refractivity contribution in [3.8, 4) is 0 Å². The molecule has 2 fully saturated rings. The Hall–Kier alpha value is -1.63. The van der Waals surface area contributed by atoms with E-state index in [2.05, 4.69) is 15.4 Å². The fourth-order valence-corrected chi connectivity index (χ4v) is 3.05. The Morgan fingerprint density at radius 3 is 2.90 bits per heavy atom. The van der Waals surface area contributed by atoms with Crippen LogP contribution in [0.1, 0.15) is 25.6 Å². The van der Waals surface area contributed by atoms with Gasteiger partial charge in [0, 0.05) is 25.7 Å². The molecule has 2 amide bonds. The summed E-state index contributed by atoms with van der Waals surface area (Å²) in [6.07, 6.45) is 3.68. The summed E-state index contributed by atoms with van der Waals surface area (Å²) in [5, 5.41) is 7.50. The molecule has 2 saturated heterocycles. The number of rotatable bonds is 4. The van der Waals surface area contributed by atoms with Crippen LogP contribution in [0.2, 0.25) is 0 Å². The van der Waals surface area contributed by atoms with Gasteiger partial charge >= 0.3 is 6.03 Å². The largest absolute Gasteiger partial charge is 0.320 e. The number of carbonyl (C=O) groups excluding carboxylic acids is 1. The number of hydrogen-bond donors (Lipinski definition) is 1. The zero-order valence-corrected chi connectivity index (χ0v) is 12.0. The highest BCUT2D eigenvalue weighted by Crippen LogP contribution is 2.19. The lowest BCUT2D eigenvalue weighted by molar-refractivity contribution is 0.164. The molecule has 3 rings (SSSR count). The Bertz CT molecular complexity index is 467. The van der Waals surface area contributed by atoms with Gasteiger partial charge in [-0.05, 0) is 32.9 Å². The molecular weight excluding hydrogens is 256 g/mol. The Kier molecular flexibility index (Phi) is 3.86. The third kappa shape index (κ3) is 2.49. The van der Waals surface area contributed by atoms with Crippen LogP contribution in [0.3, 0.4) is 0 Å². The number of nitrogens with zero attached hydrogens (tertiary/aromatic N) is 5. The second kappa shape index (κ2) is 5.78. The number of aromatic nitrogens is 3. The first-order valence-electron chi connectivity index (χ1n) is 7.42. The number of piperidine rings is 1. The SMILES string of the molecule is CCn1ncnc1CN1CCN(C2CCNCC2)C1=O. The summed E-state index contributed by atoms with van der Waals surface area (Å²) in [5.41, 5.74) is 0. The summed E-state index contributed by atoms with van der Waals surface area (Å²) in [6.45, 7) is 7.04. The number of carbonyl (C=O) groups is 1. The lowest BCUT2D eigenvalue weighted by Crippen LogP contribution is -2.45. The molecule has 7 nitrogen and oxygen atoms in total. The number of hydrogen-bond acceptors (Lipinski definition) is 4. The highest BCUT2D eigenvalue weighted by atomic mass is 16.2. The molecule has 1 aromatic rings. The minimum Gasteiger partial charge on any atom is -0.320 e. The maximum Gasteiger partial charge on any atom is 0.320 e. The molecule has 20 heavy (non-hydrogen) atoms. The smallest absolute Gasteiger partial charge is 0.320 e. The van der Waals surface area contributed by atoms with Crippen LogP contribution in [0.5, 0.6) is 0 Å². The molecule has 3 heterocycles. The third-order valence-corrected chi connectivity index (χ3v) is 4.20. The van der Waals surface area contributed by atoms with Crippen LogP contribution in [-0.2, 0) is 13.1 Å². The van der Waals surface area contributed by atoms with E-state index in [1.807, 2.05) is 21.4 Å². The fraction of sp³-hybridized carbons (Fsp3) is 0.769. The maximum absolute atomic E-state index is 12.5. The van der Waals surface area contributed by atoms with Crippen molar-refractivity contribution in [3.05, 3.63) is 12.2 Å². The van der Waals surface area contributed by atoms with Gasteiger partial charge in [-0.2, -0.15) is 5.10 Å². The summed E-state index contributed by atoms with van der Waals surface area (Å²) in [4.78, 5) is 20.7. The van der Waals surface area contributed by atoms with Gasteiger partial charge in [0.25, 0.3) is 0 Å². The Morgan fingerprint density at radius 1 is 1.35 bits per heavy atom. The molecule has 110 valence electrons. The Labute approximate surface area is 118 Å². The van der Waals surface area contributed by atoms with Crippen molar-refractivity contribution in [2.45, 2.75) is 38.9 Å². The fourth-order valence-electron chi connectivity index (χ4n) is 3.05. The first-order valence-corrected chi connectivity index (χ1v) is 7.42. The molecule has 2 aliphatic heterocycles. The second-order valence-electron chi connectivity index (χ2n) is 5.37. The van der Waals surface area contributed by atoms with Gasteiger partial charge in [-0.3, -0.25) is 0 Å². The summed E-state index contributed by atoms with van der Waals surface area (Å²) in [5.74, 6) is 0.869. The molecule has 1 N–H and O–H groups in total. The minimum atomic E-state index is 0.155. The van der Waals surface area contributed by atoms with E-state index in [1.165, 1.54) is 0 Å².